The first-order valence-corrected chi connectivity index (χ1v) is 7.62. The van der Waals surface area contributed by atoms with Gasteiger partial charge in [-0.05, 0) is 30.2 Å². The molecule has 0 unspecified atom stereocenters. The van der Waals surface area contributed by atoms with E-state index in [0.717, 1.165) is 6.20 Å². The summed E-state index contributed by atoms with van der Waals surface area (Å²) in [6, 6.07) is 6.79. The molecule has 0 spiro atoms. The van der Waals surface area contributed by atoms with Gasteiger partial charge in [0.1, 0.15) is 5.56 Å². The third-order valence-electron chi connectivity index (χ3n) is 3.11. The van der Waals surface area contributed by atoms with Crippen molar-refractivity contribution in [2.75, 3.05) is 18.6 Å². The molecule has 8 heteroatoms. The Hall–Kier alpha value is -2.02. The third-order valence-corrected chi connectivity index (χ3v) is 3.37. The molecule has 0 aliphatic carbocycles. The van der Waals surface area contributed by atoms with Gasteiger partial charge in [-0.2, -0.15) is 18.2 Å². The highest BCUT2D eigenvalue weighted by molar-refractivity contribution is 6.30. The number of anilines is 2. The van der Waals surface area contributed by atoms with E-state index in [1.807, 2.05) is 13.8 Å². The summed E-state index contributed by atoms with van der Waals surface area (Å²) in [5.74, 6) is -0.301. The van der Waals surface area contributed by atoms with Crippen molar-refractivity contribution in [2.24, 2.45) is 5.92 Å². The molecule has 0 fully saturated rings. The summed E-state index contributed by atoms with van der Waals surface area (Å²) in [7, 11) is 1.65. The van der Waals surface area contributed by atoms with Crippen LogP contribution in [-0.2, 0) is 6.18 Å². The Morgan fingerprint density at radius 1 is 1.21 bits per heavy atom. The van der Waals surface area contributed by atoms with Crippen LogP contribution in [0, 0.1) is 5.92 Å². The molecule has 130 valence electrons. The van der Waals surface area contributed by atoms with Crippen molar-refractivity contribution in [3.8, 4) is 5.88 Å². The SMILES string of the molecule is CC(C)COc1nc(N(C)c2ccc(Cl)cc2)ncc1C(F)(F)F. The minimum Gasteiger partial charge on any atom is -0.477 e. The van der Waals surface area contributed by atoms with Crippen LogP contribution in [0.2, 0.25) is 5.02 Å². The van der Waals surface area contributed by atoms with Gasteiger partial charge in [-0.15, -0.1) is 0 Å². The number of hydrogen-bond donors (Lipinski definition) is 0. The topological polar surface area (TPSA) is 38.2 Å². The zero-order valence-corrected chi connectivity index (χ0v) is 14.2. The Kier molecular flexibility index (Phi) is 5.54. The zero-order chi connectivity index (χ0) is 17.9. The Balaban J connectivity index is 2.37. The van der Waals surface area contributed by atoms with Gasteiger partial charge in [0.15, 0.2) is 0 Å². The highest BCUT2D eigenvalue weighted by atomic mass is 35.5. The first-order chi connectivity index (χ1) is 11.2. The molecule has 0 amide bonds. The average molecular weight is 360 g/mol. The van der Waals surface area contributed by atoms with Gasteiger partial charge >= 0.3 is 6.18 Å². The average Bonchev–Trinajstić information content (AvgIpc) is 2.51. The molecule has 24 heavy (non-hydrogen) atoms. The number of nitrogens with zero attached hydrogens (tertiary/aromatic N) is 3. The van der Waals surface area contributed by atoms with E-state index < -0.39 is 17.6 Å². The molecule has 2 rings (SSSR count). The lowest BCUT2D eigenvalue weighted by molar-refractivity contribution is -0.139. The fourth-order valence-electron chi connectivity index (χ4n) is 1.85. The highest BCUT2D eigenvalue weighted by Crippen LogP contribution is 2.36. The quantitative estimate of drug-likeness (QED) is 0.757. The first kappa shape index (κ1) is 18.3. The molecular weight excluding hydrogens is 343 g/mol. The van der Waals surface area contributed by atoms with Gasteiger partial charge in [0, 0.05) is 24.0 Å². The van der Waals surface area contributed by atoms with Crippen LogP contribution in [0.5, 0.6) is 5.88 Å². The molecule has 0 atom stereocenters. The van der Waals surface area contributed by atoms with E-state index in [2.05, 4.69) is 9.97 Å². The fourth-order valence-corrected chi connectivity index (χ4v) is 1.98. The van der Waals surface area contributed by atoms with Crippen LogP contribution in [0.25, 0.3) is 0 Å². The zero-order valence-electron chi connectivity index (χ0n) is 13.4. The highest BCUT2D eigenvalue weighted by Gasteiger charge is 2.36. The van der Waals surface area contributed by atoms with Crippen molar-refractivity contribution < 1.29 is 17.9 Å². The van der Waals surface area contributed by atoms with E-state index >= 15 is 0 Å². The van der Waals surface area contributed by atoms with E-state index in [4.69, 9.17) is 16.3 Å². The van der Waals surface area contributed by atoms with Crippen molar-refractivity contribution >= 4 is 23.2 Å². The van der Waals surface area contributed by atoms with Gasteiger partial charge in [0.25, 0.3) is 0 Å². The van der Waals surface area contributed by atoms with Crippen molar-refractivity contribution in [1.82, 2.24) is 9.97 Å². The Morgan fingerprint density at radius 2 is 1.83 bits per heavy atom. The summed E-state index contributed by atoms with van der Waals surface area (Å²) in [4.78, 5) is 9.32. The van der Waals surface area contributed by atoms with Crippen molar-refractivity contribution in [1.29, 1.82) is 0 Å². The molecule has 0 aliphatic heterocycles. The molecule has 0 bridgehead atoms. The minimum absolute atomic E-state index is 0.0680. The van der Waals surface area contributed by atoms with Gasteiger partial charge in [-0.3, -0.25) is 0 Å². The van der Waals surface area contributed by atoms with E-state index in [0.29, 0.717) is 10.7 Å². The lowest BCUT2D eigenvalue weighted by atomic mass is 10.2. The number of rotatable bonds is 5. The van der Waals surface area contributed by atoms with Crippen molar-refractivity contribution in [3.63, 3.8) is 0 Å². The standard InChI is InChI=1S/C16H17ClF3N3O/c1-10(2)9-24-14-13(16(18,19)20)8-21-15(22-14)23(3)12-6-4-11(17)5-7-12/h4-8,10H,9H2,1-3H3. The molecule has 0 radical (unpaired) electrons. The lowest BCUT2D eigenvalue weighted by Crippen LogP contribution is -2.18. The van der Waals surface area contributed by atoms with E-state index in [-0.39, 0.29) is 18.5 Å². The van der Waals surface area contributed by atoms with E-state index in [1.165, 1.54) is 0 Å². The summed E-state index contributed by atoms with van der Waals surface area (Å²) < 4.78 is 44.5. The Labute approximate surface area is 143 Å². The van der Waals surface area contributed by atoms with Crippen LogP contribution < -0.4 is 9.64 Å². The first-order valence-electron chi connectivity index (χ1n) is 7.25. The second-order valence-electron chi connectivity index (χ2n) is 5.63. The van der Waals surface area contributed by atoms with Crippen LogP contribution >= 0.6 is 11.6 Å². The van der Waals surface area contributed by atoms with Gasteiger partial charge in [0.2, 0.25) is 11.8 Å². The monoisotopic (exact) mass is 359 g/mol. The molecule has 0 aliphatic rings. The molecular formula is C16H17ClF3N3O. The second kappa shape index (κ2) is 7.25. The van der Waals surface area contributed by atoms with Crippen molar-refractivity contribution in [2.45, 2.75) is 20.0 Å². The number of aromatic nitrogens is 2. The number of benzene rings is 1. The van der Waals surface area contributed by atoms with Crippen LogP contribution in [0.4, 0.5) is 24.8 Å². The summed E-state index contributed by atoms with van der Waals surface area (Å²) in [6.07, 6.45) is -3.84. The smallest absolute Gasteiger partial charge is 0.423 e. The summed E-state index contributed by atoms with van der Waals surface area (Å²) >= 11 is 5.83. The lowest BCUT2D eigenvalue weighted by Gasteiger charge is -2.20. The third kappa shape index (κ3) is 4.50. The molecule has 0 N–H and O–H groups in total. The van der Waals surface area contributed by atoms with Crippen molar-refractivity contribution in [3.05, 3.63) is 41.0 Å². The van der Waals surface area contributed by atoms with Crippen LogP contribution in [0.1, 0.15) is 19.4 Å². The normalized spacial score (nSPS) is 11.7. The van der Waals surface area contributed by atoms with Gasteiger partial charge in [0.05, 0.1) is 6.61 Å². The maximum absolute atomic E-state index is 13.1. The molecule has 1 heterocycles. The molecule has 4 nitrogen and oxygen atoms in total. The number of alkyl halides is 3. The number of halogens is 4. The molecule has 1 aromatic heterocycles. The summed E-state index contributed by atoms with van der Waals surface area (Å²) in [5, 5.41) is 0.557. The van der Waals surface area contributed by atoms with Gasteiger partial charge in [-0.25, -0.2) is 4.98 Å². The second-order valence-corrected chi connectivity index (χ2v) is 6.06. The summed E-state index contributed by atoms with van der Waals surface area (Å²) in [5.41, 5.74) is -0.301. The Morgan fingerprint density at radius 3 is 2.38 bits per heavy atom. The van der Waals surface area contributed by atoms with Crippen LogP contribution in [0.3, 0.4) is 0 Å². The fraction of sp³-hybridized carbons (Fsp3) is 0.375. The minimum atomic E-state index is -4.58. The maximum Gasteiger partial charge on any atom is 0.423 e. The molecule has 0 saturated heterocycles. The largest absolute Gasteiger partial charge is 0.477 e. The maximum atomic E-state index is 13.1. The number of hydrogen-bond acceptors (Lipinski definition) is 4. The van der Waals surface area contributed by atoms with Gasteiger partial charge < -0.3 is 9.64 Å². The van der Waals surface area contributed by atoms with E-state index in [9.17, 15) is 13.2 Å². The van der Waals surface area contributed by atoms with Gasteiger partial charge in [-0.1, -0.05) is 25.4 Å². The summed E-state index contributed by atoms with van der Waals surface area (Å²) in [6.45, 7) is 3.81. The number of ether oxygens (including phenoxy) is 1. The molecule has 0 saturated carbocycles. The van der Waals surface area contributed by atoms with Crippen LogP contribution in [-0.4, -0.2) is 23.6 Å². The molecule has 2 aromatic rings. The van der Waals surface area contributed by atoms with Crippen LogP contribution in [0.15, 0.2) is 30.5 Å². The predicted octanol–water partition coefficient (Wildman–Crippen LogP) is 4.95. The van der Waals surface area contributed by atoms with E-state index in [1.54, 1.807) is 36.2 Å². The molecule has 1 aromatic carbocycles. The predicted molar refractivity (Wildman–Crippen MR) is 86.9 cm³/mol. The Bertz CT molecular complexity index is 690.